The van der Waals surface area contributed by atoms with Crippen molar-refractivity contribution in [3.05, 3.63) is 0 Å². The molecule has 3 fully saturated rings. The van der Waals surface area contributed by atoms with Crippen LogP contribution in [0.15, 0.2) is 0 Å². The van der Waals surface area contributed by atoms with Gasteiger partial charge in [0.2, 0.25) is 5.79 Å². The van der Waals surface area contributed by atoms with Gasteiger partial charge in [-0.15, -0.1) is 0 Å². The Kier molecular flexibility index (Phi) is 3.89. The van der Waals surface area contributed by atoms with Crippen LogP contribution in [0.25, 0.3) is 0 Å². The van der Waals surface area contributed by atoms with Crippen molar-refractivity contribution in [3.63, 3.8) is 0 Å². The van der Waals surface area contributed by atoms with E-state index in [9.17, 15) is 4.79 Å². The molecule has 4 heteroatoms. The molecule has 0 aromatic rings. The molecule has 2 aliphatic carbocycles. The van der Waals surface area contributed by atoms with E-state index >= 15 is 0 Å². The van der Waals surface area contributed by atoms with E-state index in [-0.39, 0.29) is 41.0 Å². The van der Waals surface area contributed by atoms with E-state index in [0.29, 0.717) is 12.3 Å². The summed E-state index contributed by atoms with van der Waals surface area (Å²) in [5, 5.41) is 0. The molecule has 0 aromatic heterocycles. The Morgan fingerprint density at radius 2 is 1.74 bits per heavy atom. The Morgan fingerprint density at radius 3 is 2.26 bits per heavy atom. The molecule has 132 valence electrons. The van der Waals surface area contributed by atoms with Crippen LogP contribution in [0.5, 0.6) is 0 Å². The second-order valence-electron chi connectivity index (χ2n) is 9.07. The topological polar surface area (TPSA) is 44.8 Å². The number of esters is 1. The Bertz CT molecular complexity index is 488. The summed E-state index contributed by atoms with van der Waals surface area (Å²) < 4.78 is 18.8. The average Bonchev–Trinajstić information content (AvgIpc) is 2.86. The number of hydrogen-bond donors (Lipinski definition) is 0. The van der Waals surface area contributed by atoms with Crippen molar-refractivity contribution in [1.82, 2.24) is 0 Å². The van der Waals surface area contributed by atoms with Gasteiger partial charge < -0.3 is 14.2 Å². The SMILES string of the molecule is CC(C)CC(=O)O[C@@H]1C2(O[C@@H](C)[C@@H](C)O2)[C@H]2CC[C@]1(C)C2(C)C. The largest absolute Gasteiger partial charge is 0.456 e. The minimum atomic E-state index is -0.762. The average molecular weight is 324 g/mol. The lowest BCUT2D eigenvalue weighted by Crippen LogP contribution is -2.53. The molecule has 0 amide bonds. The van der Waals surface area contributed by atoms with Gasteiger partial charge in [0.1, 0.15) is 0 Å². The first-order chi connectivity index (χ1) is 10.5. The fourth-order valence-electron chi connectivity index (χ4n) is 5.14. The quantitative estimate of drug-likeness (QED) is 0.738. The molecule has 3 rings (SSSR count). The zero-order chi connectivity index (χ0) is 17.2. The van der Waals surface area contributed by atoms with Crippen LogP contribution in [0, 0.1) is 22.7 Å². The molecule has 2 saturated carbocycles. The summed E-state index contributed by atoms with van der Waals surface area (Å²) in [5.41, 5.74) is -0.0758. The Balaban J connectivity index is 1.95. The summed E-state index contributed by atoms with van der Waals surface area (Å²) in [6.45, 7) is 15.0. The molecular formula is C19H32O4. The predicted molar refractivity (Wildman–Crippen MR) is 87.8 cm³/mol. The summed E-state index contributed by atoms with van der Waals surface area (Å²) in [5.74, 6) is -0.333. The summed E-state index contributed by atoms with van der Waals surface area (Å²) in [7, 11) is 0. The third-order valence-corrected chi connectivity index (χ3v) is 6.95. The van der Waals surface area contributed by atoms with Gasteiger partial charge in [0.25, 0.3) is 0 Å². The van der Waals surface area contributed by atoms with E-state index in [4.69, 9.17) is 14.2 Å². The molecule has 23 heavy (non-hydrogen) atoms. The number of carbonyl (C=O) groups is 1. The number of carbonyl (C=O) groups excluding carboxylic acids is 1. The maximum atomic E-state index is 12.4. The molecule has 0 N–H and O–H groups in total. The molecule has 3 aliphatic rings. The zero-order valence-electron chi connectivity index (χ0n) is 15.6. The van der Waals surface area contributed by atoms with Crippen LogP contribution in [0.4, 0.5) is 0 Å². The molecule has 2 bridgehead atoms. The second-order valence-corrected chi connectivity index (χ2v) is 9.07. The van der Waals surface area contributed by atoms with Crippen LogP contribution in [0.1, 0.15) is 67.7 Å². The normalized spacial score (nSPS) is 47.7. The van der Waals surface area contributed by atoms with Gasteiger partial charge in [0.05, 0.1) is 12.2 Å². The molecule has 1 aliphatic heterocycles. The van der Waals surface area contributed by atoms with E-state index in [1.165, 1.54) is 0 Å². The van der Waals surface area contributed by atoms with Crippen LogP contribution < -0.4 is 0 Å². The van der Waals surface area contributed by atoms with Crippen molar-refractivity contribution >= 4 is 5.97 Å². The lowest BCUT2D eigenvalue weighted by molar-refractivity contribution is -0.271. The molecule has 1 spiro atoms. The molecule has 1 unspecified atom stereocenters. The Hall–Kier alpha value is -0.610. The number of hydrogen-bond acceptors (Lipinski definition) is 4. The van der Waals surface area contributed by atoms with Gasteiger partial charge in [-0.2, -0.15) is 0 Å². The highest BCUT2D eigenvalue weighted by atomic mass is 16.8. The summed E-state index contributed by atoms with van der Waals surface area (Å²) >= 11 is 0. The first kappa shape index (κ1) is 17.2. The maximum Gasteiger partial charge on any atom is 0.306 e. The molecular weight excluding hydrogens is 292 g/mol. The minimum absolute atomic E-state index is 0.0273. The molecule has 0 radical (unpaired) electrons. The third kappa shape index (κ3) is 2.21. The summed E-state index contributed by atoms with van der Waals surface area (Å²) in [6, 6.07) is 0. The first-order valence-electron chi connectivity index (χ1n) is 9.09. The van der Waals surface area contributed by atoms with Crippen molar-refractivity contribution in [3.8, 4) is 0 Å². The van der Waals surface area contributed by atoms with E-state index in [0.717, 1.165) is 12.8 Å². The van der Waals surface area contributed by atoms with E-state index in [1.54, 1.807) is 0 Å². The minimum Gasteiger partial charge on any atom is -0.456 e. The fourth-order valence-corrected chi connectivity index (χ4v) is 5.14. The number of fused-ring (bicyclic) bond motifs is 3. The highest BCUT2D eigenvalue weighted by molar-refractivity contribution is 5.70. The lowest BCUT2D eigenvalue weighted by atomic mass is 9.70. The fraction of sp³-hybridized carbons (Fsp3) is 0.947. The third-order valence-electron chi connectivity index (χ3n) is 6.95. The predicted octanol–water partition coefficient (Wildman–Crippen LogP) is 3.92. The number of ether oxygens (including phenoxy) is 3. The van der Waals surface area contributed by atoms with Crippen LogP contribution >= 0.6 is 0 Å². The molecule has 0 aromatic carbocycles. The summed E-state index contributed by atoms with van der Waals surface area (Å²) in [4.78, 5) is 12.4. The highest BCUT2D eigenvalue weighted by Crippen LogP contribution is 2.72. The van der Waals surface area contributed by atoms with Gasteiger partial charge in [0, 0.05) is 17.8 Å². The molecule has 1 heterocycles. The van der Waals surface area contributed by atoms with E-state index in [1.807, 2.05) is 27.7 Å². The van der Waals surface area contributed by atoms with E-state index < -0.39 is 5.79 Å². The van der Waals surface area contributed by atoms with Crippen molar-refractivity contribution < 1.29 is 19.0 Å². The summed E-state index contributed by atoms with van der Waals surface area (Å²) in [6.07, 6.45) is 2.31. The Labute approximate surface area is 140 Å². The van der Waals surface area contributed by atoms with Gasteiger partial charge in [-0.25, -0.2) is 0 Å². The van der Waals surface area contributed by atoms with Gasteiger partial charge in [0.15, 0.2) is 6.10 Å². The van der Waals surface area contributed by atoms with Crippen LogP contribution in [0.3, 0.4) is 0 Å². The van der Waals surface area contributed by atoms with Gasteiger partial charge in [-0.05, 0) is 38.0 Å². The smallest absolute Gasteiger partial charge is 0.306 e. The van der Waals surface area contributed by atoms with Crippen LogP contribution in [-0.2, 0) is 19.0 Å². The van der Waals surface area contributed by atoms with Gasteiger partial charge in [-0.3, -0.25) is 4.79 Å². The lowest BCUT2D eigenvalue weighted by Gasteiger charge is -2.42. The highest BCUT2D eigenvalue weighted by Gasteiger charge is 2.78. The first-order valence-corrected chi connectivity index (χ1v) is 9.09. The standard InChI is InChI=1S/C19H32O4/c1-11(2)10-15(20)21-16-18(7)9-8-14(17(18,5)6)19(16)22-12(3)13(4)23-19/h11-14,16H,8-10H2,1-7H3/t12-,13+,14-,16-,18-,19?/m0/s1. The van der Waals surface area contributed by atoms with Crippen molar-refractivity contribution in [2.45, 2.75) is 91.8 Å². The van der Waals surface area contributed by atoms with Crippen LogP contribution in [-0.4, -0.2) is 30.1 Å². The van der Waals surface area contributed by atoms with Gasteiger partial charge >= 0.3 is 5.97 Å². The van der Waals surface area contributed by atoms with Gasteiger partial charge in [-0.1, -0.05) is 34.6 Å². The van der Waals surface area contributed by atoms with Crippen molar-refractivity contribution in [2.24, 2.45) is 22.7 Å². The molecule has 1 saturated heterocycles. The van der Waals surface area contributed by atoms with Crippen molar-refractivity contribution in [1.29, 1.82) is 0 Å². The number of rotatable bonds is 3. The maximum absolute atomic E-state index is 12.4. The molecule has 4 nitrogen and oxygen atoms in total. The van der Waals surface area contributed by atoms with Crippen molar-refractivity contribution in [2.75, 3.05) is 0 Å². The van der Waals surface area contributed by atoms with E-state index in [2.05, 4.69) is 20.8 Å². The Morgan fingerprint density at radius 1 is 1.17 bits per heavy atom. The molecule has 6 atom stereocenters. The second kappa shape index (κ2) is 5.19. The monoisotopic (exact) mass is 324 g/mol. The zero-order valence-corrected chi connectivity index (χ0v) is 15.6. The van der Waals surface area contributed by atoms with Crippen LogP contribution in [0.2, 0.25) is 0 Å².